The Morgan fingerprint density at radius 3 is 1.18 bits per heavy atom. The van der Waals surface area contributed by atoms with Crippen LogP contribution in [0.2, 0.25) is 0 Å². The van der Waals surface area contributed by atoms with Crippen molar-refractivity contribution in [3.63, 3.8) is 0 Å². The Balaban J connectivity index is 0. The Labute approximate surface area is 99.5 Å². The Kier molecular flexibility index (Phi) is 11.8. The molecule has 0 aliphatic heterocycles. The Bertz CT molecular complexity index is 141. The van der Waals surface area contributed by atoms with Crippen LogP contribution in [0.25, 0.3) is 0 Å². The molecule has 0 atom stereocenters. The Morgan fingerprint density at radius 2 is 1.09 bits per heavy atom. The van der Waals surface area contributed by atoms with Gasteiger partial charge in [0.2, 0.25) is 0 Å². The van der Waals surface area contributed by atoms with Crippen LogP contribution in [0.1, 0.15) is 12.8 Å². The zero-order valence-corrected chi connectivity index (χ0v) is 11.7. The van der Waals surface area contributed by atoms with Gasteiger partial charge in [0.05, 0.1) is 12.1 Å². The summed E-state index contributed by atoms with van der Waals surface area (Å²) in [5.41, 5.74) is 0. The molecule has 0 bridgehead atoms. The molecule has 0 aliphatic carbocycles. The maximum absolute atomic E-state index is 7.80. The van der Waals surface area contributed by atoms with Crippen LogP contribution < -0.4 is 0 Å². The highest BCUT2D eigenvalue weighted by atomic mass is 80.0. The molecule has 0 fully saturated rings. The van der Waals surface area contributed by atoms with Crippen LogP contribution in [0.15, 0.2) is 0 Å². The lowest BCUT2D eigenvalue weighted by molar-refractivity contribution is 1.07. The minimum atomic E-state index is -0.250. The molecule has 0 saturated heterocycles. The normalized spacial score (nSPS) is 8.55. The molecule has 0 aromatic heterocycles. The molecular weight excluding hydrogens is 408 g/mol. The molecule has 0 heterocycles. The zero-order valence-electron chi connectivity index (χ0n) is 5.32. The average molecular weight is 412 g/mol. The monoisotopic (exact) mass is 408 g/mol. The number of unbranched alkanes of at least 4 members (excludes halogenated alkanes) is 1. The molecule has 0 spiro atoms. The molecule has 0 aliphatic rings. The van der Waals surface area contributed by atoms with Crippen molar-refractivity contribution in [1.29, 1.82) is 10.5 Å². The van der Waals surface area contributed by atoms with Gasteiger partial charge in [-0.1, -0.05) is 0 Å². The van der Waals surface area contributed by atoms with Crippen molar-refractivity contribution in [3.05, 3.63) is 0 Å². The van der Waals surface area contributed by atoms with Gasteiger partial charge in [-0.3, -0.25) is 0 Å². The number of halogens is 4. The van der Waals surface area contributed by atoms with Gasteiger partial charge < -0.3 is 0 Å². The largest absolute Gasteiger partial charge is 0.198 e. The zero-order chi connectivity index (χ0) is 9.33. The van der Waals surface area contributed by atoms with Gasteiger partial charge in [-0.25, -0.2) is 0 Å². The summed E-state index contributed by atoms with van der Waals surface area (Å²) in [5.74, 6) is 0. The standard InChI is InChI=1S/C4H4N2.CBr4/c5-3-1-2-4-6;2-1(3,4)5/h1-2H2;. The Morgan fingerprint density at radius 1 is 0.909 bits per heavy atom. The fourth-order valence-electron chi connectivity index (χ4n) is 0.112. The number of nitrogens with zero attached hydrogens (tertiary/aromatic N) is 2. The van der Waals surface area contributed by atoms with Gasteiger partial charge in [-0.2, -0.15) is 10.5 Å². The first kappa shape index (κ1) is 14.4. The molecule has 11 heavy (non-hydrogen) atoms. The second-order valence-electron chi connectivity index (χ2n) is 1.24. The molecule has 2 nitrogen and oxygen atoms in total. The van der Waals surface area contributed by atoms with E-state index in [0.29, 0.717) is 12.8 Å². The number of hydrogen-bond acceptors (Lipinski definition) is 2. The van der Waals surface area contributed by atoms with E-state index in [0.717, 1.165) is 0 Å². The molecule has 6 heteroatoms. The molecule has 0 radical (unpaired) electrons. The summed E-state index contributed by atoms with van der Waals surface area (Å²) in [6.07, 6.45) is 0.715. The SMILES string of the molecule is BrC(Br)(Br)Br.N#CCCC#N. The van der Waals surface area contributed by atoms with E-state index in [1.54, 1.807) is 0 Å². The topological polar surface area (TPSA) is 47.6 Å². The first-order valence-corrected chi connectivity index (χ1v) is 5.58. The molecule has 62 valence electrons. The second-order valence-corrected chi connectivity index (χ2v) is 12.4. The molecule has 0 aromatic rings. The lowest BCUT2D eigenvalue weighted by Gasteiger charge is -1.93. The van der Waals surface area contributed by atoms with Gasteiger partial charge in [0, 0.05) is 12.8 Å². The van der Waals surface area contributed by atoms with Crippen molar-refractivity contribution in [2.75, 3.05) is 0 Å². The molecule has 0 saturated carbocycles. The first-order chi connectivity index (χ1) is 4.91. The van der Waals surface area contributed by atoms with Gasteiger partial charge in [0.25, 0.3) is 0 Å². The second kappa shape index (κ2) is 8.99. The highest BCUT2D eigenvalue weighted by Gasteiger charge is 2.08. The third kappa shape index (κ3) is 56.8. The highest BCUT2D eigenvalue weighted by molar-refractivity contribution is 9.52. The average Bonchev–Trinajstić information content (AvgIpc) is 1.79. The maximum atomic E-state index is 7.80. The summed E-state index contributed by atoms with van der Waals surface area (Å²) in [5, 5.41) is 15.6. The summed E-state index contributed by atoms with van der Waals surface area (Å²) >= 11 is 12.5. The summed E-state index contributed by atoms with van der Waals surface area (Å²) in [4.78, 5) is 0. The number of alkyl halides is 4. The third-order valence-corrected chi connectivity index (χ3v) is 0.349. The van der Waals surface area contributed by atoms with Gasteiger partial charge in [0.1, 0.15) is 0 Å². The smallest absolute Gasteiger partial charge is 0.189 e. The van der Waals surface area contributed by atoms with Crippen molar-refractivity contribution in [2.45, 2.75) is 13.9 Å². The predicted octanol–water partition coefficient (Wildman–Crippen LogP) is 3.99. The van der Waals surface area contributed by atoms with Crippen molar-refractivity contribution < 1.29 is 0 Å². The molecule has 0 amide bonds. The molecule has 0 N–H and O–H groups in total. The predicted molar refractivity (Wildman–Crippen MR) is 58.9 cm³/mol. The van der Waals surface area contributed by atoms with Gasteiger partial charge in [-0.05, 0) is 63.7 Å². The summed E-state index contributed by atoms with van der Waals surface area (Å²) in [6.45, 7) is 0. The van der Waals surface area contributed by atoms with Gasteiger partial charge in [0.15, 0.2) is 1.05 Å². The quantitative estimate of drug-likeness (QED) is 0.484. The first-order valence-electron chi connectivity index (χ1n) is 2.41. The van der Waals surface area contributed by atoms with Crippen molar-refractivity contribution >= 4 is 63.7 Å². The van der Waals surface area contributed by atoms with E-state index in [9.17, 15) is 0 Å². The van der Waals surface area contributed by atoms with E-state index in [1.807, 2.05) is 12.1 Å². The maximum Gasteiger partial charge on any atom is 0.189 e. The van der Waals surface area contributed by atoms with Crippen LogP contribution in [0.4, 0.5) is 0 Å². The van der Waals surface area contributed by atoms with E-state index < -0.39 is 0 Å². The molecule has 0 rings (SSSR count). The molecule has 0 aromatic carbocycles. The summed E-state index contributed by atoms with van der Waals surface area (Å²) in [6, 6.07) is 3.69. The number of nitriles is 2. The summed E-state index contributed by atoms with van der Waals surface area (Å²) in [7, 11) is 0. The van der Waals surface area contributed by atoms with Gasteiger partial charge >= 0.3 is 0 Å². The van der Waals surface area contributed by atoms with Crippen molar-refractivity contribution in [1.82, 2.24) is 0 Å². The lowest BCUT2D eigenvalue weighted by Crippen LogP contribution is -1.75. The highest BCUT2D eigenvalue weighted by Crippen LogP contribution is 2.39. The molecular formula is C5H4Br4N2. The van der Waals surface area contributed by atoms with Crippen molar-refractivity contribution in [3.8, 4) is 12.1 Å². The van der Waals surface area contributed by atoms with Crippen LogP contribution in [-0.4, -0.2) is 1.05 Å². The summed E-state index contributed by atoms with van der Waals surface area (Å²) < 4.78 is -0.250. The minimum absolute atomic E-state index is 0.250. The Hall–Kier alpha value is 0.900. The van der Waals surface area contributed by atoms with Gasteiger partial charge in [-0.15, -0.1) is 0 Å². The number of hydrogen-bond donors (Lipinski definition) is 0. The van der Waals surface area contributed by atoms with Crippen LogP contribution in [0, 0.1) is 22.7 Å². The van der Waals surface area contributed by atoms with E-state index in [2.05, 4.69) is 63.7 Å². The van der Waals surface area contributed by atoms with Crippen LogP contribution in [-0.2, 0) is 0 Å². The van der Waals surface area contributed by atoms with Crippen LogP contribution >= 0.6 is 63.7 Å². The third-order valence-electron chi connectivity index (χ3n) is 0.349. The lowest BCUT2D eigenvalue weighted by atomic mass is 10.4. The molecule has 0 unspecified atom stereocenters. The van der Waals surface area contributed by atoms with E-state index in [4.69, 9.17) is 10.5 Å². The number of rotatable bonds is 1. The van der Waals surface area contributed by atoms with E-state index in [1.165, 1.54) is 0 Å². The van der Waals surface area contributed by atoms with Crippen LogP contribution in [0.3, 0.4) is 0 Å². The van der Waals surface area contributed by atoms with Crippen LogP contribution in [0.5, 0.6) is 0 Å². The van der Waals surface area contributed by atoms with E-state index >= 15 is 0 Å². The van der Waals surface area contributed by atoms with E-state index in [-0.39, 0.29) is 1.05 Å². The fourth-order valence-corrected chi connectivity index (χ4v) is 0.112. The van der Waals surface area contributed by atoms with Crippen molar-refractivity contribution in [2.24, 2.45) is 0 Å². The minimum Gasteiger partial charge on any atom is -0.198 e. The fraction of sp³-hybridized carbons (Fsp3) is 0.600.